The van der Waals surface area contributed by atoms with E-state index in [-0.39, 0.29) is 12.3 Å². The number of anilines is 1. The lowest BCUT2D eigenvalue weighted by Gasteiger charge is -2.09. The number of carbonyl (C=O) groups excluding carboxylic acids is 1. The fourth-order valence-corrected chi connectivity index (χ4v) is 1.17. The molecule has 1 aromatic rings. The first-order valence-corrected chi connectivity index (χ1v) is 5.51. The summed E-state index contributed by atoms with van der Waals surface area (Å²) in [5, 5.41) is 11.0. The van der Waals surface area contributed by atoms with Crippen LogP contribution in [0.1, 0.15) is 20.3 Å². The van der Waals surface area contributed by atoms with Crippen LogP contribution >= 0.6 is 0 Å². The molecule has 1 N–H and O–H groups in total. The smallest absolute Gasteiger partial charge is 0.238 e. The molecule has 0 bridgehead atoms. The number of nitriles is 1. The topological polar surface area (TPSA) is 62.1 Å². The highest BCUT2D eigenvalue weighted by molar-refractivity contribution is 5.92. The molecule has 17 heavy (non-hydrogen) atoms. The average molecular weight is 232 g/mol. The quantitative estimate of drug-likeness (QED) is 0.848. The summed E-state index contributed by atoms with van der Waals surface area (Å²) < 4.78 is 5.51. The number of nitrogens with zero attached hydrogens (tertiary/aromatic N) is 1. The number of ether oxygens (including phenoxy) is 1. The minimum Gasteiger partial charge on any atom is -0.493 e. The van der Waals surface area contributed by atoms with Gasteiger partial charge >= 0.3 is 0 Å². The van der Waals surface area contributed by atoms with Gasteiger partial charge in [0.1, 0.15) is 12.2 Å². The van der Waals surface area contributed by atoms with Crippen LogP contribution in [-0.4, -0.2) is 12.5 Å². The monoisotopic (exact) mass is 232 g/mol. The lowest BCUT2D eigenvalue weighted by atomic mass is 10.2. The summed E-state index contributed by atoms with van der Waals surface area (Å²) in [6, 6.07) is 8.90. The maximum Gasteiger partial charge on any atom is 0.238 e. The Morgan fingerprint density at radius 1 is 1.41 bits per heavy atom. The fraction of sp³-hybridized carbons (Fsp3) is 0.385. The summed E-state index contributed by atoms with van der Waals surface area (Å²) in [6.07, 6.45) is -0.133. The van der Waals surface area contributed by atoms with Crippen molar-refractivity contribution < 1.29 is 9.53 Å². The number of nitrogens with one attached hydrogen (secondary N) is 1. The van der Waals surface area contributed by atoms with Gasteiger partial charge in [-0.1, -0.05) is 13.8 Å². The number of amides is 1. The van der Waals surface area contributed by atoms with Gasteiger partial charge in [0, 0.05) is 5.69 Å². The zero-order chi connectivity index (χ0) is 12.7. The molecule has 0 saturated heterocycles. The van der Waals surface area contributed by atoms with Crippen molar-refractivity contribution in [3.63, 3.8) is 0 Å². The first kappa shape index (κ1) is 13.0. The molecule has 0 unspecified atom stereocenters. The average Bonchev–Trinajstić information content (AvgIpc) is 2.28. The Balaban J connectivity index is 2.50. The van der Waals surface area contributed by atoms with E-state index in [9.17, 15) is 4.79 Å². The van der Waals surface area contributed by atoms with Crippen molar-refractivity contribution in [2.24, 2.45) is 5.92 Å². The molecule has 4 heteroatoms. The van der Waals surface area contributed by atoms with Crippen LogP contribution in [0.25, 0.3) is 0 Å². The van der Waals surface area contributed by atoms with Gasteiger partial charge in [-0.25, -0.2) is 0 Å². The third-order valence-corrected chi connectivity index (χ3v) is 1.96. The van der Waals surface area contributed by atoms with E-state index >= 15 is 0 Å². The van der Waals surface area contributed by atoms with Crippen LogP contribution in [0, 0.1) is 17.2 Å². The van der Waals surface area contributed by atoms with Crippen LogP contribution in [0.4, 0.5) is 5.69 Å². The molecule has 0 aliphatic carbocycles. The SMILES string of the molecule is CC(C)COc1ccc(NC(=O)CC#N)cc1. The number of carbonyl (C=O) groups is 1. The maximum atomic E-state index is 11.1. The molecule has 0 atom stereocenters. The Bertz CT molecular complexity index is 404. The first-order valence-electron chi connectivity index (χ1n) is 5.51. The van der Waals surface area contributed by atoms with E-state index in [4.69, 9.17) is 10.00 Å². The van der Waals surface area contributed by atoms with Gasteiger partial charge in [-0.05, 0) is 30.2 Å². The molecule has 0 fully saturated rings. The molecule has 0 aliphatic heterocycles. The van der Waals surface area contributed by atoms with Crippen LogP contribution in [0.2, 0.25) is 0 Å². The molecular formula is C13H16N2O2. The van der Waals surface area contributed by atoms with Gasteiger partial charge < -0.3 is 10.1 Å². The molecule has 1 rings (SSSR count). The molecule has 0 aliphatic rings. The van der Waals surface area contributed by atoms with Gasteiger partial charge in [-0.3, -0.25) is 4.79 Å². The van der Waals surface area contributed by atoms with E-state index in [0.29, 0.717) is 18.2 Å². The molecule has 0 heterocycles. The molecule has 1 amide bonds. The standard InChI is InChI=1S/C13H16N2O2/c1-10(2)9-17-12-5-3-11(4-6-12)15-13(16)7-8-14/h3-6,10H,7,9H2,1-2H3,(H,15,16). The lowest BCUT2D eigenvalue weighted by molar-refractivity contribution is -0.115. The van der Waals surface area contributed by atoms with Crippen LogP contribution < -0.4 is 10.1 Å². The van der Waals surface area contributed by atoms with Gasteiger partial charge in [0.2, 0.25) is 5.91 Å². The van der Waals surface area contributed by atoms with Gasteiger partial charge in [-0.15, -0.1) is 0 Å². The Kier molecular flexibility index (Phi) is 5.02. The summed E-state index contributed by atoms with van der Waals surface area (Å²) in [5.74, 6) is 0.949. The van der Waals surface area contributed by atoms with Gasteiger partial charge in [0.05, 0.1) is 12.7 Å². The van der Waals surface area contributed by atoms with E-state index in [1.807, 2.05) is 0 Å². The highest BCUT2D eigenvalue weighted by Crippen LogP contribution is 2.16. The van der Waals surface area contributed by atoms with Crippen molar-refractivity contribution in [1.82, 2.24) is 0 Å². The van der Waals surface area contributed by atoms with Crippen molar-refractivity contribution in [2.45, 2.75) is 20.3 Å². The molecule has 0 saturated carbocycles. The molecule has 0 aromatic heterocycles. The van der Waals surface area contributed by atoms with Crippen molar-refractivity contribution in [3.8, 4) is 11.8 Å². The lowest BCUT2D eigenvalue weighted by Crippen LogP contribution is -2.10. The predicted molar refractivity (Wildman–Crippen MR) is 65.6 cm³/mol. The van der Waals surface area contributed by atoms with E-state index in [1.165, 1.54) is 0 Å². The van der Waals surface area contributed by atoms with Gasteiger partial charge in [-0.2, -0.15) is 5.26 Å². The van der Waals surface area contributed by atoms with Crippen molar-refractivity contribution in [2.75, 3.05) is 11.9 Å². The van der Waals surface area contributed by atoms with Crippen LogP contribution in [0.3, 0.4) is 0 Å². The minimum atomic E-state index is -0.302. The summed E-state index contributed by atoms with van der Waals surface area (Å²) >= 11 is 0. The Labute approximate surface area is 101 Å². The summed E-state index contributed by atoms with van der Waals surface area (Å²) in [6.45, 7) is 4.83. The number of hydrogen-bond donors (Lipinski definition) is 1. The third kappa shape index (κ3) is 5.03. The first-order chi connectivity index (χ1) is 8.11. The van der Waals surface area contributed by atoms with Crippen LogP contribution in [0.15, 0.2) is 24.3 Å². The largest absolute Gasteiger partial charge is 0.493 e. The van der Waals surface area contributed by atoms with E-state index in [2.05, 4.69) is 19.2 Å². The highest BCUT2D eigenvalue weighted by atomic mass is 16.5. The van der Waals surface area contributed by atoms with Crippen LogP contribution in [0.5, 0.6) is 5.75 Å². The van der Waals surface area contributed by atoms with E-state index < -0.39 is 0 Å². The van der Waals surface area contributed by atoms with E-state index in [0.717, 1.165) is 5.75 Å². The molecule has 0 spiro atoms. The Morgan fingerprint density at radius 3 is 2.59 bits per heavy atom. The number of hydrogen-bond acceptors (Lipinski definition) is 3. The van der Waals surface area contributed by atoms with Gasteiger partial charge in [0.15, 0.2) is 0 Å². The molecule has 0 radical (unpaired) electrons. The second-order valence-electron chi connectivity index (χ2n) is 4.11. The second kappa shape index (κ2) is 6.54. The molecule has 90 valence electrons. The highest BCUT2D eigenvalue weighted by Gasteiger charge is 2.01. The summed E-state index contributed by atoms with van der Waals surface area (Å²) in [4.78, 5) is 11.1. The Hall–Kier alpha value is -2.02. The van der Waals surface area contributed by atoms with Gasteiger partial charge in [0.25, 0.3) is 0 Å². The number of rotatable bonds is 5. The van der Waals surface area contributed by atoms with Crippen molar-refractivity contribution in [1.29, 1.82) is 5.26 Å². The number of benzene rings is 1. The maximum absolute atomic E-state index is 11.1. The molecule has 1 aromatic carbocycles. The molecule has 4 nitrogen and oxygen atoms in total. The molecular weight excluding hydrogens is 216 g/mol. The summed E-state index contributed by atoms with van der Waals surface area (Å²) in [7, 11) is 0. The fourth-order valence-electron chi connectivity index (χ4n) is 1.17. The van der Waals surface area contributed by atoms with Crippen molar-refractivity contribution >= 4 is 11.6 Å². The Morgan fingerprint density at radius 2 is 2.06 bits per heavy atom. The normalized spacial score (nSPS) is 9.76. The van der Waals surface area contributed by atoms with Crippen molar-refractivity contribution in [3.05, 3.63) is 24.3 Å². The zero-order valence-electron chi connectivity index (χ0n) is 10.1. The zero-order valence-corrected chi connectivity index (χ0v) is 10.1. The second-order valence-corrected chi connectivity index (χ2v) is 4.11. The van der Waals surface area contributed by atoms with E-state index in [1.54, 1.807) is 30.3 Å². The summed E-state index contributed by atoms with van der Waals surface area (Å²) in [5.41, 5.74) is 0.669. The predicted octanol–water partition coefficient (Wildman–Crippen LogP) is 2.57. The van der Waals surface area contributed by atoms with Crippen LogP contribution in [-0.2, 0) is 4.79 Å². The minimum absolute atomic E-state index is 0.133. The third-order valence-electron chi connectivity index (χ3n) is 1.96.